The predicted octanol–water partition coefficient (Wildman–Crippen LogP) is 2.98. The maximum Gasteiger partial charge on any atom is 0.240 e. The number of hydrogen-bond acceptors (Lipinski definition) is 3. The highest BCUT2D eigenvalue weighted by Gasteiger charge is 2.15. The molecule has 0 fully saturated rings. The Balaban J connectivity index is 1.93. The molecule has 0 unspecified atom stereocenters. The van der Waals surface area contributed by atoms with Crippen LogP contribution < -0.4 is 9.46 Å². The predicted molar refractivity (Wildman–Crippen MR) is 78.5 cm³/mol. The minimum Gasteiger partial charge on any atom is -0.489 e. The van der Waals surface area contributed by atoms with Gasteiger partial charge in [0.15, 0.2) is 11.6 Å². The van der Waals surface area contributed by atoms with Crippen LogP contribution in [0.25, 0.3) is 0 Å². The Morgan fingerprint density at radius 1 is 1.09 bits per heavy atom. The minimum atomic E-state index is -3.84. The summed E-state index contributed by atoms with van der Waals surface area (Å²) in [6, 6.07) is 8.86. The minimum absolute atomic E-state index is 0.0338. The third-order valence-corrected chi connectivity index (χ3v) is 4.44. The monoisotopic (exact) mass is 347 g/mol. The zero-order valence-electron chi connectivity index (χ0n) is 11.2. The van der Waals surface area contributed by atoms with Crippen molar-refractivity contribution in [2.24, 2.45) is 0 Å². The number of ether oxygens (including phenoxy) is 1. The Labute approximate surface area is 131 Å². The van der Waals surface area contributed by atoms with Crippen molar-refractivity contribution in [3.8, 4) is 5.75 Å². The van der Waals surface area contributed by atoms with Gasteiger partial charge in [-0.05, 0) is 30.3 Å². The first-order valence-electron chi connectivity index (χ1n) is 6.22. The molecule has 0 spiro atoms. The molecule has 8 heteroatoms. The van der Waals surface area contributed by atoms with E-state index in [2.05, 4.69) is 4.72 Å². The van der Waals surface area contributed by atoms with E-state index in [4.69, 9.17) is 16.3 Å². The topological polar surface area (TPSA) is 55.4 Å². The van der Waals surface area contributed by atoms with Gasteiger partial charge in [-0.15, -0.1) is 0 Å². The van der Waals surface area contributed by atoms with Crippen LogP contribution in [-0.4, -0.2) is 21.6 Å². The van der Waals surface area contributed by atoms with Gasteiger partial charge in [-0.3, -0.25) is 0 Å². The smallest absolute Gasteiger partial charge is 0.240 e. The fourth-order valence-corrected chi connectivity index (χ4v) is 2.91. The molecule has 22 heavy (non-hydrogen) atoms. The van der Waals surface area contributed by atoms with Gasteiger partial charge in [-0.1, -0.05) is 23.7 Å². The molecule has 0 amide bonds. The largest absolute Gasteiger partial charge is 0.489 e. The van der Waals surface area contributed by atoms with E-state index < -0.39 is 21.7 Å². The van der Waals surface area contributed by atoms with Gasteiger partial charge in [0.05, 0.1) is 9.92 Å². The third kappa shape index (κ3) is 4.16. The van der Waals surface area contributed by atoms with Gasteiger partial charge in [-0.2, -0.15) is 0 Å². The van der Waals surface area contributed by atoms with Crippen molar-refractivity contribution in [2.75, 3.05) is 13.2 Å². The van der Waals surface area contributed by atoms with E-state index in [1.807, 2.05) is 0 Å². The van der Waals surface area contributed by atoms with Crippen LogP contribution in [0.15, 0.2) is 47.4 Å². The molecule has 2 aromatic rings. The number of benzene rings is 2. The van der Waals surface area contributed by atoms with Gasteiger partial charge in [0.25, 0.3) is 0 Å². The molecule has 0 atom stereocenters. The second-order valence-corrected chi connectivity index (χ2v) is 6.43. The Hall–Kier alpha value is -1.70. The van der Waals surface area contributed by atoms with Crippen LogP contribution >= 0.6 is 11.6 Å². The van der Waals surface area contributed by atoms with E-state index in [1.165, 1.54) is 18.2 Å². The fourth-order valence-electron chi connectivity index (χ4n) is 1.63. The molecule has 0 aliphatic heterocycles. The third-order valence-electron chi connectivity index (χ3n) is 2.69. The molecule has 2 rings (SSSR count). The first kappa shape index (κ1) is 16.7. The van der Waals surface area contributed by atoms with Crippen molar-refractivity contribution in [1.29, 1.82) is 0 Å². The standard InChI is InChI=1S/C14H12ClF2NO3S/c15-11-9-10(5-6-12(11)16)22(19,20)18-7-8-21-14-4-2-1-3-13(14)17/h1-6,9,18H,7-8H2. The van der Waals surface area contributed by atoms with Crippen LogP contribution in [0.4, 0.5) is 8.78 Å². The number of nitrogens with one attached hydrogen (secondary N) is 1. The quantitative estimate of drug-likeness (QED) is 0.817. The fraction of sp³-hybridized carbons (Fsp3) is 0.143. The van der Waals surface area contributed by atoms with E-state index in [0.29, 0.717) is 0 Å². The van der Waals surface area contributed by atoms with Crippen molar-refractivity contribution < 1.29 is 21.9 Å². The lowest BCUT2D eigenvalue weighted by molar-refractivity contribution is 0.306. The van der Waals surface area contributed by atoms with Crippen LogP contribution in [0.1, 0.15) is 0 Å². The van der Waals surface area contributed by atoms with E-state index in [-0.39, 0.29) is 28.8 Å². The lowest BCUT2D eigenvalue weighted by Crippen LogP contribution is -2.28. The van der Waals surface area contributed by atoms with E-state index in [0.717, 1.165) is 18.2 Å². The Kier molecular flexibility index (Phi) is 5.33. The van der Waals surface area contributed by atoms with Gasteiger partial charge in [0, 0.05) is 6.54 Å². The maximum absolute atomic E-state index is 13.3. The number of sulfonamides is 1. The van der Waals surface area contributed by atoms with Gasteiger partial charge in [0.1, 0.15) is 12.4 Å². The Morgan fingerprint density at radius 2 is 1.82 bits per heavy atom. The lowest BCUT2D eigenvalue weighted by atomic mass is 10.3. The molecular formula is C14H12ClF2NO3S. The van der Waals surface area contributed by atoms with Crippen molar-refractivity contribution in [3.05, 3.63) is 59.1 Å². The summed E-state index contributed by atoms with van der Waals surface area (Å²) >= 11 is 5.55. The van der Waals surface area contributed by atoms with Gasteiger partial charge in [-0.25, -0.2) is 21.9 Å². The average molecular weight is 348 g/mol. The summed E-state index contributed by atoms with van der Waals surface area (Å²) in [6.45, 7) is -0.138. The lowest BCUT2D eigenvalue weighted by Gasteiger charge is -2.09. The van der Waals surface area contributed by atoms with E-state index in [9.17, 15) is 17.2 Å². The molecular weight excluding hydrogens is 336 g/mol. The molecule has 0 aromatic heterocycles. The molecule has 0 aliphatic rings. The SMILES string of the molecule is O=S(=O)(NCCOc1ccccc1F)c1ccc(F)c(Cl)c1. The van der Waals surface area contributed by atoms with Crippen LogP contribution in [0.5, 0.6) is 5.75 Å². The second kappa shape index (κ2) is 7.04. The summed E-state index contributed by atoms with van der Waals surface area (Å²) in [7, 11) is -3.84. The summed E-state index contributed by atoms with van der Waals surface area (Å²) < 4.78 is 57.6. The number of rotatable bonds is 6. The number of halogens is 3. The van der Waals surface area contributed by atoms with Crippen molar-refractivity contribution in [1.82, 2.24) is 4.72 Å². The number of para-hydroxylation sites is 1. The van der Waals surface area contributed by atoms with Gasteiger partial charge >= 0.3 is 0 Å². The first-order chi connectivity index (χ1) is 10.4. The molecule has 0 bridgehead atoms. The first-order valence-corrected chi connectivity index (χ1v) is 8.08. The van der Waals surface area contributed by atoms with Crippen LogP contribution in [0.2, 0.25) is 5.02 Å². The van der Waals surface area contributed by atoms with Crippen LogP contribution in [-0.2, 0) is 10.0 Å². The van der Waals surface area contributed by atoms with Crippen molar-refractivity contribution in [3.63, 3.8) is 0 Å². The van der Waals surface area contributed by atoms with Gasteiger partial charge in [0.2, 0.25) is 10.0 Å². The molecule has 118 valence electrons. The summed E-state index contributed by atoms with van der Waals surface area (Å²) in [5.74, 6) is -1.20. The highest BCUT2D eigenvalue weighted by Crippen LogP contribution is 2.19. The summed E-state index contributed by atoms with van der Waals surface area (Å²) in [5, 5.41) is -0.287. The highest BCUT2D eigenvalue weighted by molar-refractivity contribution is 7.89. The average Bonchev–Trinajstić information content (AvgIpc) is 2.48. The van der Waals surface area contributed by atoms with E-state index in [1.54, 1.807) is 6.07 Å². The maximum atomic E-state index is 13.3. The molecule has 0 saturated carbocycles. The van der Waals surface area contributed by atoms with Crippen LogP contribution in [0.3, 0.4) is 0 Å². The van der Waals surface area contributed by atoms with Crippen molar-refractivity contribution >= 4 is 21.6 Å². The molecule has 0 heterocycles. The van der Waals surface area contributed by atoms with Gasteiger partial charge < -0.3 is 4.74 Å². The normalized spacial score (nSPS) is 11.4. The highest BCUT2D eigenvalue weighted by atomic mass is 35.5. The summed E-state index contributed by atoms with van der Waals surface area (Å²) in [5.41, 5.74) is 0. The van der Waals surface area contributed by atoms with Crippen LogP contribution in [0, 0.1) is 11.6 Å². The molecule has 0 saturated heterocycles. The zero-order chi connectivity index (χ0) is 16.2. The molecule has 0 aliphatic carbocycles. The Morgan fingerprint density at radius 3 is 2.50 bits per heavy atom. The Bertz CT molecular complexity index is 768. The second-order valence-electron chi connectivity index (χ2n) is 4.25. The molecule has 1 N–H and O–H groups in total. The molecule has 4 nitrogen and oxygen atoms in total. The summed E-state index contributed by atoms with van der Waals surface area (Å²) in [6.07, 6.45) is 0. The number of hydrogen-bond donors (Lipinski definition) is 1. The van der Waals surface area contributed by atoms with E-state index >= 15 is 0 Å². The zero-order valence-corrected chi connectivity index (χ0v) is 12.8. The van der Waals surface area contributed by atoms with Crippen molar-refractivity contribution in [2.45, 2.75) is 4.90 Å². The molecule has 0 radical (unpaired) electrons. The molecule has 2 aromatic carbocycles. The summed E-state index contributed by atoms with van der Waals surface area (Å²) in [4.78, 5) is -0.162.